The number of carbonyl (C=O) groups is 1. The molecule has 0 aliphatic rings. The normalized spacial score (nSPS) is 12.4. The SMILES string of the molecule is CC[C@H](CO)NC(=O)CCn1ccnn1. The van der Waals surface area contributed by atoms with E-state index in [0.29, 0.717) is 13.0 Å². The summed E-state index contributed by atoms with van der Waals surface area (Å²) in [6, 6.07) is -0.145. The summed E-state index contributed by atoms with van der Waals surface area (Å²) in [6.07, 6.45) is 4.35. The second kappa shape index (κ2) is 6.13. The summed E-state index contributed by atoms with van der Waals surface area (Å²) in [6.45, 7) is 2.40. The number of aliphatic hydroxyl groups excluding tert-OH is 1. The van der Waals surface area contributed by atoms with Crippen molar-refractivity contribution in [2.45, 2.75) is 32.4 Å². The molecule has 0 aliphatic carbocycles. The van der Waals surface area contributed by atoms with Crippen LogP contribution in [0.15, 0.2) is 12.4 Å². The Bertz CT molecular complexity index is 282. The van der Waals surface area contributed by atoms with Gasteiger partial charge in [0.25, 0.3) is 0 Å². The van der Waals surface area contributed by atoms with Crippen molar-refractivity contribution in [1.29, 1.82) is 0 Å². The van der Waals surface area contributed by atoms with E-state index in [1.54, 1.807) is 17.1 Å². The summed E-state index contributed by atoms with van der Waals surface area (Å²) in [5, 5.41) is 19.0. The maximum absolute atomic E-state index is 11.4. The van der Waals surface area contributed by atoms with Gasteiger partial charge < -0.3 is 10.4 Å². The summed E-state index contributed by atoms with van der Waals surface area (Å²) in [5.41, 5.74) is 0. The largest absolute Gasteiger partial charge is 0.394 e. The fraction of sp³-hybridized carbons (Fsp3) is 0.667. The van der Waals surface area contributed by atoms with Crippen LogP contribution in [0.2, 0.25) is 0 Å². The molecule has 1 amide bonds. The third kappa shape index (κ3) is 4.07. The minimum Gasteiger partial charge on any atom is -0.394 e. The zero-order valence-corrected chi connectivity index (χ0v) is 8.76. The lowest BCUT2D eigenvalue weighted by molar-refractivity contribution is -0.122. The molecule has 6 nitrogen and oxygen atoms in total. The van der Waals surface area contributed by atoms with E-state index >= 15 is 0 Å². The lowest BCUT2D eigenvalue weighted by atomic mass is 10.2. The van der Waals surface area contributed by atoms with Gasteiger partial charge in [-0.25, -0.2) is 0 Å². The molecule has 1 heterocycles. The Kier molecular flexibility index (Phi) is 4.76. The van der Waals surface area contributed by atoms with E-state index in [2.05, 4.69) is 15.6 Å². The molecule has 0 unspecified atom stereocenters. The molecular formula is C9H16N4O2. The van der Waals surface area contributed by atoms with Gasteiger partial charge in [-0.1, -0.05) is 12.1 Å². The molecule has 84 valence electrons. The van der Waals surface area contributed by atoms with Gasteiger partial charge >= 0.3 is 0 Å². The Labute approximate surface area is 88.3 Å². The zero-order chi connectivity index (χ0) is 11.1. The van der Waals surface area contributed by atoms with Crippen LogP contribution in [-0.4, -0.2) is 38.7 Å². The highest BCUT2D eigenvalue weighted by Crippen LogP contribution is 1.92. The quantitative estimate of drug-likeness (QED) is 0.669. The number of rotatable bonds is 6. The average Bonchev–Trinajstić information content (AvgIpc) is 2.75. The Morgan fingerprint density at radius 3 is 3.00 bits per heavy atom. The number of aromatic nitrogens is 3. The van der Waals surface area contributed by atoms with E-state index in [0.717, 1.165) is 6.42 Å². The van der Waals surface area contributed by atoms with Gasteiger partial charge in [-0.05, 0) is 6.42 Å². The third-order valence-electron chi connectivity index (χ3n) is 2.12. The number of carbonyl (C=O) groups excluding carboxylic acids is 1. The van der Waals surface area contributed by atoms with E-state index in [-0.39, 0.29) is 18.6 Å². The summed E-state index contributed by atoms with van der Waals surface area (Å²) >= 11 is 0. The maximum Gasteiger partial charge on any atom is 0.222 e. The molecular weight excluding hydrogens is 196 g/mol. The highest BCUT2D eigenvalue weighted by Gasteiger charge is 2.08. The van der Waals surface area contributed by atoms with Crippen LogP contribution in [0.4, 0.5) is 0 Å². The van der Waals surface area contributed by atoms with Crippen molar-refractivity contribution in [1.82, 2.24) is 20.3 Å². The highest BCUT2D eigenvalue weighted by atomic mass is 16.3. The Hall–Kier alpha value is -1.43. The number of nitrogens with one attached hydrogen (secondary N) is 1. The molecule has 1 aromatic rings. The van der Waals surface area contributed by atoms with Crippen molar-refractivity contribution in [2.24, 2.45) is 0 Å². The monoisotopic (exact) mass is 212 g/mol. The fourth-order valence-electron chi connectivity index (χ4n) is 1.14. The first-order valence-electron chi connectivity index (χ1n) is 5.00. The summed E-state index contributed by atoms with van der Waals surface area (Å²) in [5.74, 6) is -0.0774. The molecule has 0 radical (unpaired) electrons. The number of nitrogens with zero attached hydrogens (tertiary/aromatic N) is 3. The molecule has 0 bridgehead atoms. The number of aliphatic hydroxyl groups is 1. The van der Waals surface area contributed by atoms with Crippen LogP contribution in [0, 0.1) is 0 Å². The molecule has 0 saturated carbocycles. The predicted molar refractivity (Wildman–Crippen MR) is 53.9 cm³/mol. The minimum absolute atomic E-state index is 0.0223. The first-order valence-corrected chi connectivity index (χ1v) is 5.00. The molecule has 0 saturated heterocycles. The van der Waals surface area contributed by atoms with Crippen LogP contribution >= 0.6 is 0 Å². The fourth-order valence-corrected chi connectivity index (χ4v) is 1.14. The van der Waals surface area contributed by atoms with Gasteiger partial charge in [0.2, 0.25) is 5.91 Å². The molecule has 0 aliphatic heterocycles. The van der Waals surface area contributed by atoms with Gasteiger partial charge in [-0.2, -0.15) is 0 Å². The number of hydrogen-bond donors (Lipinski definition) is 2. The van der Waals surface area contributed by atoms with Crippen molar-refractivity contribution >= 4 is 5.91 Å². The van der Waals surface area contributed by atoms with Crippen molar-refractivity contribution in [3.05, 3.63) is 12.4 Å². The van der Waals surface area contributed by atoms with Gasteiger partial charge in [0, 0.05) is 12.6 Å². The standard InChI is InChI=1S/C9H16N4O2/c1-2-8(7-14)11-9(15)3-5-13-6-4-10-12-13/h4,6,8,14H,2-3,5,7H2,1H3,(H,11,15)/t8-/m1/s1. The average molecular weight is 212 g/mol. The van der Waals surface area contributed by atoms with Gasteiger partial charge in [-0.15, -0.1) is 5.10 Å². The van der Waals surface area contributed by atoms with Gasteiger partial charge in [0.05, 0.1) is 25.4 Å². The van der Waals surface area contributed by atoms with E-state index in [1.165, 1.54) is 0 Å². The van der Waals surface area contributed by atoms with E-state index < -0.39 is 0 Å². The Morgan fingerprint density at radius 1 is 1.67 bits per heavy atom. The van der Waals surface area contributed by atoms with Crippen molar-refractivity contribution in [2.75, 3.05) is 6.61 Å². The zero-order valence-electron chi connectivity index (χ0n) is 8.76. The van der Waals surface area contributed by atoms with Gasteiger partial charge in [0.15, 0.2) is 0 Å². The van der Waals surface area contributed by atoms with Crippen molar-refractivity contribution in [3.63, 3.8) is 0 Å². The van der Waals surface area contributed by atoms with Crippen LogP contribution in [0.3, 0.4) is 0 Å². The van der Waals surface area contributed by atoms with E-state index in [1.807, 2.05) is 6.92 Å². The molecule has 0 spiro atoms. The number of hydrogen-bond acceptors (Lipinski definition) is 4. The molecule has 1 rings (SSSR count). The van der Waals surface area contributed by atoms with Crippen molar-refractivity contribution in [3.8, 4) is 0 Å². The molecule has 6 heteroatoms. The first kappa shape index (κ1) is 11.6. The molecule has 0 aromatic carbocycles. The Balaban J connectivity index is 2.24. The summed E-state index contributed by atoms with van der Waals surface area (Å²) in [7, 11) is 0. The van der Waals surface area contributed by atoms with Crippen LogP contribution < -0.4 is 5.32 Å². The molecule has 2 N–H and O–H groups in total. The van der Waals surface area contributed by atoms with Crippen molar-refractivity contribution < 1.29 is 9.90 Å². The highest BCUT2D eigenvalue weighted by molar-refractivity contribution is 5.76. The molecule has 15 heavy (non-hydrogen) atoms. The third-order valence-corrected chi connectivity index (χ3v) is 2.12. The van der Waals surface area contributed by atoms with Crippen LogP contribution in [0.25, 0.3) is 0 Å². The maximum atomic E-state index is 11.4. The van der Waals surface area contributed by atoms with Gasteiger partial charge in [-0.3, -0.25) is 9.48 Å². The minimum atomic E-state index is -0.145. The lowest BCUT2D eigenvalue weighted by Crippen LogP contribution is -2.37. The molecule has 1 aromatic heterocycles. The van der Waals surface area contributed by atoms with E-state index in [9.17, 15) is 4.79 Å². The number of aryl methyl sites for hydroxylation is 1. The second-order valence-corrected chi connectivity index (χ2v) is 3.27. The van der Waals surface area contributed by atoms with Crippen LogP contribution in [0.1, 0.15) is 19.8 Å². The topological polar surface area (TPSA) is 80.0 Å². The smallest absolute Gasteiger partial charge is 0.222 e. The number of amides is 1. The molecule has 0 fully saturated rings. The van der Waals surface area contributed by atoms with Gasteiger partial charge in [0.1, 0.15) is 0 Å². The first-order chi connectivity index (χ1) is 7.26. The summed E-state index contributed by atoms with van der Waals surface area (Å²) in [4.78, 5) is 11.4. The molecule has 1 atom stereocenters. The van der Waals surface area contributed by atoms with E-state index in [4.69, 9.17) is 5.11 Å². The lowest BCUT2D eigenvalue weighted by Gasteiger charge is -2.13. The Morgan fingerprint density at radius 2 is 2.47 bits per heavy atom. The predicted octanol–water partition coefficient (Wildman–Crippen LogP) is -0.445. The second-order valence-electron chi connectivity index (χ2n) is 3.27. The summed E-state index contributed by atoms with van der Waals surface area (Å²) < 4.78 is 1.60. The van der Waals surface area contributed by atoms with Crippen LogP contribution in [0.5, 0.6) is 0 Å². The van der Waals surface area contributed by atoms with Crippen LogP contribution in [-0.2, 0) is 11.3 Å².